The highest BCUT2D eigenvalue weighted by Crippen LogP contribution is 2.26. The van der Waals surface area contributed by atoms with Crippen LogP contribution in [-0.2, 0) is 20.5 Å². The predicted octanol–water partition coefficient (Wildman–Crippen LogP) is 4.60. The van der Waals surface area contributed by atoms with Crippen molar-refractivity contribution in [2.45, 2.75) is 40.0 Å². The molecule has 0 aromatic carbocycles. The van der Waals surface area contributed by atoms with Crippen LogP contribution >= 0.6 is 23.2 Å². The first-order valence-electron chi connectivity index (χ1n) is 12.6. The molecule has 256 valence electrons. The van der Waals surface area contributed by atoms with Gasteiger partial charge in [-0.3, -0.25) is 9.59 Å². The van der Waals surface area contributed by atoms with E-state index >= 15 is 0 Å². The Hall–Kier alpha value is -5.40. The fraction of sp³-hybridized carbons (Fsp3) is 0.259. The number of anilines is 1. The molecule has 0 aliphatic rings. The average molecular weight is 723 g/mol. The third-order valence-corrected chi connectivity index (χ3v) is 5.76. The number of nitriles is 2. The predicted molar refractivity (Wildman–Crippen MR) is 158 cm³/mol. The summed E-state index contributed by atoms with van der Waals surface area (Å²) in [6, 6.07) is 6.77. The average Bonchev–Trinajstić information content (AvgIpc) is 2.92. The molecule has 48 heavy (non-hydrogen) atoms. The van der Waals surface area contributed by atoms with Crippen molar-refractivity contribution >= 4 is 40.9 Å². The van der Waals surface area contributed by atoms with Crippen molar-refractivity contribution in [1.82, 2.24) is 19.5 Å². The third kappa shape index (κ3) is 11.8. The number of amides is 1. The minimum Gasteiger partial charge on any atom is -0.463 e. The van der Waals surface area contributed by atoms with Gasteiger partial charge in [-0.05, 0) is 44.0 Å². The monoisotopic (exact) mass is 722 g/mol. The Kier molecular flexibility index (Phi) is 14.3. The van der Waals surface area contributed by atoms with Crippen molar-refractivity contribution in [2.75, 3.05) is 11.9 Å². The van der Waals surface area contributed by atoms with Crippen LogP contribution in [0.25, 0.3) is 5.82 Å². The van der Waals surface area contributed by atoms with Crippen LogP contribution in [0, 0.1) is 36.5 Å². The van der Waals surface area contributed by atoms with Crippen molar-refractivity contribution < 1.29 is 40.7 Å². The van der Waals surface area contributed by atoms with E-state index in [1.807, 2.05) is 6.07 Å². The first kappa shape index (κ1) is 40.6. The summed E-state index contributed by atoms with van der Waals surface area (Å²) in [4.78, 5) is 53.8. The first-order chi connectivity index (χ1) is 22.1. The topological polar surface area (TPSA) is 210 Å². The number of alkyl halides is 6. The molecule has 3 aromatic heterocycles. The number of carbonyl (C=O) groups excluding carboxylic acids is 2. The molecule has 0 spiro atoms. The maximum Gasteiger partial charge on any atom is 0.431 e. The van der Waals surface area contributed by atoms with Crippen LogP contribution in [0.2, 0.25) is 10.3 Å². The SMILES string of the molecule is CC(=O)Nc1cc(C)c(C#N)c(Cl)n1.CCOC(=O)/C=C(\N)C(F)(F)F.Cc1cc(-n2c(=O)cc(C(F)(F)F)[nH]c2=O)nc(Cl)c1C#N. The van der Waals surface area contributed by atoms with E-state index in [0.717, 1.165) is 0 Å². The van der Waals surface area contributed by atoms with Gasteiger partial charge in [-0.2, -0.15) is 36.9 Å². The number of aromatic nitrogens is 4. The highest BCUT2D eigenvalue weighted by molar-refractivity contribution is 6.31. The van der Waals surface area contributed by atoms with Gasteiger partial charge in [0.2, 0.25) is 5.91 Å². The van der Waals surface area contributed by atoms with E-state index in [2.05, 4.69) is 25.8 Å². The van der Waals surface area contributed by atoms with E-state index in [4.69, 9.17) is 33.7 Å². The number of hydrogen-bond acceptors (Lipinski definition) is 10. The molecule has 0 aliphatic carbocycles. The Morgan fingerprint density at radius 2 is 1.54 bits per heavy atom. The largest absolute Gasteiger partial charge is 0.463 e. The maximum atomic E-state index is 12.5. The summed E-state index contributed by atoms with van der Waals surface area (Å²) in [5, 5.41) is 19.9. The van der Waals surface area contributed by atoms with E-state index in [-0.39, 0.29) is 46.3 Å². The van der Waals surface area contributed by atoms with Crippen LogP contribution in [0.4, 0.5) is 32.2 Å². The zero-order chi connectivity index (χ0) is 37.1. The van der Waals surface area contributed by atoms with Crippen LogP contribution in [0.15, 0.2) is 39.6 Å². The molecule has 0 radical (unpaired) electrons. The van der Waals surface area contributed by atoms with Crippen LogP contribution in [0.1, 0.15) is 41.8 Å². The number of pyridine rings is 2. The van der Waals surface area contributed by atoms with Crippen LogP contribution in [0.5, 0.6) is 0 Å². The van der Waals surface area contributed by atoms with Gasteiger partial charge in [0.25, 0.3) is 5.56 Å². The number of allylic oxidation sites excluding steroid dienone is 1. The molecule has 1 amide bonds. The standard InChI is InChI=1S/C12H6ClF3N4O2.C9H8ClN3O.C6H8F3NO2/c1-5-2-8(19-10(13)6(5)4-17)20-9(21)3-7(12(14,15)16)18-11(20)22;1-5-3-8(12-6(2)14)13-9(10)7(5)4-11;1-2-12-5(11)3-4(10)6(7,8)9/h2-3H,1H3,(H,18,22);3H,1-2H3,(H,12,13,14);3H,2,10H2,1H3/b;;4-3-. The Balaban J connectivity index is 0.000000384. The van der Waals surface area contributed by atoms with Crippen molar-refractivity contribution in [1.29, 1.82) is 10.5 Å². The van der Waals surface area contributed by atoms with Crippen molar-refractivity contribution in [3.8, 4) is 18.0 Å². The number of nitrogens with one attached hydrogen (secondary N) is 2. The molecular formula is C27H22Cl2F6N8O5. The summed E-state index contributed by atoms with van der Waals surface area (Å²) in [5.74, 6) is -1.23. The fourth-order valence-electron chi connectivity index (χ4n) is 3.14. The smallest absolute Gasteiger partial charge is 0.431 e. The van der Waals surface area contributed by atoms with Crippen LogP contribution in [-0.4, -0.2) is 44.2 Å². The molecule has 0 aliphatic heterocycles. The van der Waals surface area contributed by atoms with Crippen molar-refractivity contribution in [3.05, 3.63) is 89.1 Å². The van der Waals surface area contributed by atoms with Gasteiger partial charge in [-0.15, -0.1) is 0 Å². The number of ether oxygens (including phenoxy) is 1. The maximum absolute atomic E-state index is 12.5. The lowest BCUT2D eigenvalue weighted by molar-refractivity contribution is -0.141. The number of aryl methyl sites for hydroxylation is 2. The number of carbonyl (C=O) groups is 2. The lowest BCUT2D eigenvalue weighted by Gasteiger charge is -2.09. The number of rotatable bonds is 4. The van der Waals surface area contributed by atoms with Crippen LogP contribution < -0.4 is 22.3 Å². The molecule has 0 unspecified atom stereocenters. The Bertz CT molecular complexity index is 1850. The molecular weight excluding hydrogens is 701 g/mol. The van der Waals surface area contributed by atoms with E-state index < -0.39 is 41.0 Å². The van der Waals surface area contributed by atoms with E-state index in [0.29, 0.717) is 27.1 Å². The molecule has 0 atom stereocenters. The lowest BCUT2D eigenvalue weighted by Crippen LogP contribution is -2.36. The molecule has 0 fully saturated rings. The number of halogens is 8. The summed E-state index contributed by atoms with van der Waals surface area (Å²) in [6.07, 6.45) is -9.32. The highest BCUT2D eigenvalue weighted by Gasteiger charge is 2.33. The van der Waals surface area contributed by atoms with Crippen molar-refractivity contribution in [3.63, 3.8) is 0 Å². The molecule has 3 rings (SSSR count). The zero-order valence-corrected chi connectivity index (χ0v) is 26.4. The summed E-state index contributed by atoms with van der Waals surface area (Å²) in [5.41, 5.74) is 0.457. The van der Waals surface area contributed by atoms with Gasteiger partial charge >= 0.3 is 24.0 Å². The zero-order valence-electron chi connectivity index (χ0n) is 24.9. The van der Waals surface area contributed by atoms with Crippen LogP contribution in [0.3, 0.4) is 0 Å². The molecule has 13 nitrogen and oxygen atoms in total. The molecule has 0 saturated heterocycles. The second kappa shape index (κ2) is 17.0. The van der Waals surface area contributed by atoms with Gasteiger partial charge in [-0.25, -0.2) is 24.1 Å². The second-order valence-corrected chi connectivity index (χ2v) is 9.58. The summed E-state index contributed by atoms with van der Waals surface area (Å²) in [7, 11) is 0. The number of aromatic amines is 1. The van der Waals surface area contributed by atoms with Gasteiger partial charge in [-0.1, -0.05) is 23.2 Å². The van der Waals surface area contributed by atoms with E-state index in [1.54, 1.807) is 24.0 Å². The minimum absolute atomic E-state index is 0.0144. The summed E-state index contributed by atoms with van der Waals surface area (Å²) >= 11 is 11.5. The summed E-state index contributed by atoms with van der Waals surface area (Å²) in [6.45, 7) is 6.09. The van der Waals surface area contributed by atoms with E-state index in [9.17, 15) is 45.5 Å². The number of esters is 1. The number of nitrogens with zero attached hydrogens (tertiary/aromatic N) is 5. The highest BCUT2D eigenvalue weighted by atomic mass is 35.5. The Morgan fingerprint density at radius 3 is 1.94 bits per heavy atom. The van der Waals surface area contributed by atoms with Gasteiger partial charge in [0.1, 0.15) is 45.5 Å². The van der Waals surface area contributed by atoms with Gasteiger partial charge < -0.3 is 20.8 Å². The van der Waals surface area contributed by atoms with Crippen molar-refractivity contribution in [2.24, 2.45) is 5.73 Å². The lowest BCUT2D eigenvalue weighted by atomic mass is 10.2. The molecule has 0 bridgehead atoms. The fourth-order valence-corrected chi connectivity index (χ4v) is 3.70. The quantitative estimate of drug-likeness (QED) is 0.147. The molecule has 21 heteroatoms. The summed E-state index contributed by atoms with van der Waals surface area (Å²) < 4.78 is 77.1. The minimum atomic E-state index is -4.86. The van der Waals surface area contributed by atoms with Gasteiger partial charge in [0, 0.05) is 13.0 Å². The number of H-pyrrole nitrogens is 1. The van der Waals surface area contributed by atoms with E-state index in [1.165, 1.54) is 26.8 Å². The number of nitrogens with two attached hydrogens (primary N) is 1. The molecule has 4 N–H and O–H groups in total. The molecule has 3 heterocycles. The van der Waals surface area contributed by atoms with Gasteiger partial charge in [0.05, 0.1) is 23.8 Å². The Morgan fingerprint density at radius 1 is 1.02 bits per heavy atom. The second-order valence-electron chi connectivity index (χ2n) is 8.87. The van der Waals surface area contributed by atoms with Gasteiger partial charge in [0.15, 0.2) is 0 Å². The third-order valence-electron chi connectivity index (χ3n) is 5.21. The molecule has 3 aromatic rings. The molecule has 0 saturated carbocycles. The first-order valence-corrected chi connectivity index (χ1v) is 13.4. The normalized spacial score (nSPS) is 11.1. The number of hydrogen-bond donors (Lipinski definition) is 3. The Labute approximate surface area is 276 Å².